The van der Waals surface area contributed by atoms with Gasteiger partial charge in [0.1, 0.15) is 21.1 Å². The summed E-state index contributed by atoms with van der Waals surface area (Å²) in [4.78, 5) is 3.97. The molecule has 72 valence electrons. The summed E-state index contributed by atoms with van der Waals surface area (Å²) in [6.45, 7) is 5.94. The van der Waals surface area contributed by atoms with Gasteiger partial charge < -0.3 is 4.74 Å². The van der Waals surface area contributed by atoms with Crippen molar-refractivity contribution in [3.05, 3.63) is 21.9 Å². The van der Waals surface area contributed by atoms with E-state index in [1.807, 2.05) is 20.8 Å². The van der Waals surface area contributed by atoms with Gasteiger partial charge in [0, 0.05) is 12.1 Å². The first kappa shape index (κ1) is 10.8. The Morgan fingerprint density at radius 2 is 2.00 bits per heavy atom. The van der Waals surface area contributed by atoms with Crippen molar-refractivity contribution in [2.75, 3.05) is 0 Å². The molecule has 1 rings (SSSR count). The van der Waals surface area contributed by atoms with Gasteiger partial charge in [0.05, 0.1) is 0 Å². The van der Waals surface area contributed by atoms with Gasteiger partial charge in [-0.3, -0.25) is 0 Å². The maximum atomic E-state index is 5.76. The molecule has 13 heavy (non-hydrogen) atoms. The summed E-state index contributed by atoms with van der Waals surface area (Å²) in [6, 6.07) is 3.48. The van der Waals surface area contributed by atoms with Crippen molar-refractivity contribution >= 4 is 27.5 Å². The Kier molecular flexibility index (Phi) is 3.19. The number of ether oxygens (including phenoxy) is 1. The molecule has 0 bridgehead atoms. The molecule has 0 fully saturated rings. The minimum absolute atomic E-state index is 0.218. The second kappa shape index (κ2) is 3.84. The van der Waals surface area contributed by atoms with Crippen LogP contribution in [0.5, 0.6) is 5.75 Å². The lowest BCUT2D eigenvalue weighted by atomic mass is 10.2. The predicted octanol–water partition coefficient (Wildman–Crippen LogP) is 3.67. The van der Waals surface area contributed by atoms with Crippen LogP contribution in [0.25, 0.3) is 0 Å². The number of nitrogens with zero attached hydrogens (tertiary/aromatic N) is 1. The van der Waals surface area contributed by atoms with Crippen molar-refractivity contribution in [3.63, 3.8) is 0 Å². The van der Waals surface area contributed by atoms with E-state index >= 15 is 0 Å². The monoisotopic (exact) mass is 263 g/mol. The zero-order valence-corrected chi connectivity index (χ0v) is 10.1. The molecule has 4 heteroatoms. The Labute approximate surface area is 91.4 Å². The zero-order chi connectivity index (χ0) is 10.1. The van der Waals surface area contributed by atoms with Crippen LogP contribution >= 0.6 is 27.5 Å². The van der Waals surface area contributed by atoms with Crippen LogP contribution in [0.2, 0.25) is 5.15 Å². The van der Waals surface area contributed by atoms with Gasteiger partial charge in [0.25, 0.3) is 0 Å². The van der Waals surface area contributed by atoms with Crippen molar-refractivity contribution in [3.8, 4) is 5.75 Å². The molecule has 1 aromatic rings. The molecule has 0 N–H and O–H groups in total. The van der Waals surface area contributed by atoms with Crippen molar-refractivity contribution < 1.29 is 4.74 Å². The second-order valence-electron chi connectivity index (χ2n) is 3.66. The molecule has 0 atom stereocenters. The smallest absolute Gasteiger partial charge is 0.134 e. The van der Waals surface area contributed by atoms with E-state index in [0.717, 1.165) is 5.75 Å². The number of halogens is 2. The highest BCUT2D eigenvalue weighted by atomic mass is 79.9. The molecule has 0 aliphatic heterocycles. The molecule has 2 nitrogen and oxygen atoms in total. The normalized spacial score (nSPS) is 11.5. The van der Waals surface area contributed by atoms with E-state index in [9.17, 15) is 0 Å². The largest absolute Gasteiger partial charge is 0.488 e. The molecule has 0 saturated carbocycles. The number of hydrogen-bond donors (Lipinski definition) is 0. The van der Waals surface area contributed by atoms with Crippen LogP contribution in [-0.2, 0) is 0 Å². The highest BCUT2D eigenvalue weighted by molar-refractivity contribution is 9.10. The van der Waals surface area contributed by atoms with Gasteiger partial charge in [-0.25, -0.2) is 4.98 Å². The fourth-order valence-corrected chi connectivity index (χ4v) is 1.57. The van der Waals surface area contributed by atoms with Crippen molar-refractivity contribution in [2.45, 2.75) is 26.4 Å². The predicted molar refractivity (Wildman–Crippen MR) is 57.3 cm³/mol. The molecule has 0 saturated heterocycles. The van der Waals surface area contributed by atoms with Gasteiger partial charge in [0.15, 0.2) is 0 Å². The Bertz CT molecular complexity index is 289. The number of rotatable bonds is 1. The Morgan fingerprint density at radius 3 is 2.46 bits per heavy atom. The number of pyridine rings is 1. The van der Waals surface area contributed by atoms with Crippen molar-refractivity contribution in [1.29, 1.82) is 0 Å². The minimum Gasteiger partial charge on any atom is -0.488 e. The van der Waals surface area contributed by atoms with Gasteiger partial charge in [-0.1, -0.05) is 11.6 Å². The van der Waals surface area contributed by atoms with Crippen molar-refractivity contribution in [1.82, 2.24) is 4.98 Å². The SMILES string of the molecule is CC(C)(C)Oc1cc(Cl)nc(Br)c1. The molecule has 0 aliphatic rings. The van der Waals surface area contributed by atoms with Gasteiger partial charge >= 0.3 is 0 Å². The van der Waals surface area contributed by atoms with E-state index < -0.39 is 0 Å². The molecular weight excluding hydrogens is 253 g/mol. The fraction of sp³-hybridized carbons (Fsp3) is 0.444. The van der Waals surface area contributed by atoms with Crippen LogP contribution in [0.3, 0.4) is 0 Å². The first-order valence-electron chi connectivity index (χ1n) is 3.89. The molecule has 0 aliphatic carbocycles. The average molecular weight is 265 g/mol. The number of hydrogen-bond acceptors (Lipinski definition) is 2. The Hall–Kier alpha value is -0.280. The molecule has 0 radical (unpaired) electrons. The Morgan fingerprint density at radius 1 is 1.38 bits per heavy atom. The topological polar surface area (TPSA) is 22.1 Å². The summed E-state index contributed by atoms with van der Waals surface area (Å²) < 4.78 is 6.29. The summed E-state index contributed by atoms with van der Waals surface area (Å²) in [7, 11) is 0. The summed E-state index contributed by atoms with van der Waals surface area (Å²) in [6.07, 6.45) is 0. The summed E-state index contributed by atoms with van der Waals surface area (Å²) >= 11 is 9.00. The lowest BCUT2D eigenvalue weighted by Gasteiger charge is -2.21. The van der Waals surface area contributed by atoms with E-state index in [1.54, 1.807) is 12.1 Å². The van der Waals surface area contributed by atoms with Crippen LogP contribution in [0.1, 0.15) is 20.8 Å². The third kappa shape index (κ3) is 3.96. The second-order valence-corrected chi connectivity index (χ2v) is 4.86. The van der Waals surface area contributed by atoms with Crippen LogP contribution in [0.15, 0.2) is 16.7 Å². The van der Waals surface area contributed by atoms with E-state index in [-0.39, 0.29) is 5.60 Å². The van der Waals surface area contributed by atoms with E-state index in [4.69, 9.17) is 16.3 Å². The van der Waals surface area contributed by atoms with Crippen LogP contribution < -0.4 is 4.74 Å². The quantitative estimate of drug-likeness (QED) is 0.722. The maximum absolute atomic E-state index is 5.76. The van der Waals surface area contributed by atoms with Gasteiger partial charge in [-0.15, -0.1) is 0 Å². The van der Waals surface area contributed by atoms with Crippen LogP contribution in [0, 0.1) is 0 Å². The van der Waals surface area contributed by atoms with Crippen LogP contribution in [0.4, 0.5) is 0 Å². The average Bonchev–Trinajstić information content (AvgIpc) is 1.78. The lowest BCUT2D eigenvalue weighted by Crippen LogP contribution is -2.22. The Balaban J connectivity index is 2.90. The molecular formula is C9H11BrClNO. The van der Waals surface area contributed by atoms with Crippen molar-refractivity contribution in [2.24, 2.45) is 0 Å². The summed E-state index contributed by atoms with van der Waals surface area (Å²) in [5.41, 5.74) is -0.218. The van der Waals surface area contributed by atoms with E-state index in [1.165, 1.54) is 0 Å². The first-order valence-corrected chi connectivity index (χ1v) is 5.06. The maximum Gasteiger partial charge on any atom is 0.134 e. The molecule has 0 spiro atoms. The number of aromatic nitrogens is 1. The summed E-state index contributed by atoms with van der Waals surface area (Å²) in [5.74, 6) is 0.722. The molecule has 0 unspecified atom stereocenters. The third-order valence-corrected chi connectivity index (χ3v) is 1.76. The molecule has 1 heterocycles. The first-order chi connectivity index (χ1) is 5.87. The third-order valence-electron chi connectivity index (χ3n) is 1.16. The molecule has 1 aromatic heterocycles. The fourth-order valence-electron chi connectivity index (χ4n) is 0.856. The minimum atomic E-state index is -0.218. The molecule has 0 amide bonds. The van der Waals surface area contributed by atoms with E-state index in [2.05, 4.69) is 20.9 Å². The standard InChI is InChI=1S/C9H11BrClNO/c1-9(2,3)13-6-4-7(10)12-8(11)5-6/h4-5H,1-3H3. The van der Waals surface area contributed by atoms with Gasteiger partial charge in [-0.05, 0) is 36.7 Å². The van der Waals surface area contributed by atoms with Gasteiger partial charge in [0.2, 0.25) is 0 Å². The zero-order valence-electron chi connectivity index (χ0n) is 7.77. The van der Waals surface area contributed by atoms with Gasteiger partial charge in [-0.2, -0.15) is 0 Å². The van der Waals surface area contributed by atoms with E-state index in [0.29, 0.717) is 9.76 Å². The highest BCUT2D eigenvalue weighted by Gasteiger charge is 2.12. The summed E-state index contributed by atoms with van der Waals surface area (Å²) in [5, 5.41) is 0.425. The molecule has 0 aromatic carbocycles. The lowest BCUT2D eigenvalue weighted by molar-refractivity contribution is 0.130. The van der Waals surface area contributed by atoms with Crippen LogP contribution in [-0.4, -0.2) is 10.6 Å². The highest BCUT2D eigenvalue weighted by Crippen LogP contribution is 2.24.